The van der Waals surface area contributed by atoms with Crippen molar-refractivity contribution in [1.29, 1.82) is 0 Å². The molecule has 0 heterocycles. The third kappa shape index (κ3) is 5.55. The number of rotatable bonds is 6. The van der Waals surface area contributed by atoms with Gasteiger partial charge in [-0.3, -0.25) is 14.5 Å². The van der Waals surface area contributed by atoms with Gasteiger partial charge in [0.1, 0.15) is 0 Å². The van der Waals surface area contributed by atoms with Crippen LogP contribution in [0.25, 0.3) is 0 Å². The molecule has 0 radical (unpaired) electrons. The fourth-order valence-electron chi connectivity index (χ4n) is 2.11. The van der Waals surface area contributed by atoms with E-state index in [0.717, 1.165) is 16.8 Å². The summed E-state index contributed by atoms with van der Waals surface area (Å²) in [7, 11) is 3.17. The van der Waals surface area contributed by atoms with Crippen LogP contribution in [-0.4, -0.2) is 44.0 Å². The van der Waals surface area contributed by atoms with Gasteiger partial charge in [0.25, 0.3) is 0 Å². The zero-order valence-corrected chi connectivity index (χ0v) is 13.4. The van der Waals surface area contributed by atoms with Crippen LogP contribution in [0.4, 0.5) is 5.69 Å². The van der Waals surface area contributed by atoms with E-state index in [-0.39, 0.29) is 24.3 Å². The molecule has 1 aromatic carbocycles. The number of nitrogens with one attached hydrogen (secondary N) is 1. The summed E-state index contributed by atoms with van der Waals surface area (Å²) in [5, 5.41) is 2.90. The Morgan fingerprint density at radius 2 is 2.00 bits per heavy atom. The number of amides is 1. The van der Waals surface area contributed by atoms with Crippen molar-refractivity contribution in [3.63, 3.8) is 0 Å². The highest BCUT2D eigenvalue weighted by Crippen LogP contribution is 2.16. The first-order valence-corrected chi connectivity index (χ1v) is 6.97. The first-order chi connectivity index (χ1) is 9.83. The highest BCUT2D eigenvalue weighted by molar-refractivity contribution is 5.93. The molecule has 5 heteroatoms. The Morgan fingerprint density at radius 1 is 1.33 bits per heavy atom. The van der Waals surface area contributed by atoms with E-state index in [1.165, 1.54) is 7.11 Å². The number of carbonyl (C=O) groups excluding carboxylic acids is 2. The SMILES string of the molecule is COC(=O)C(C)CN(C)CC(=O)Nc1cc(C)ccc1C. The minimum absolute atomic E-state index is 0.0942. The summed E-state index contributed by atoms with van der Waals surface area (Å²) in [5.41, 5.74) is 2.96. The predicted molar refractivity (Wildman–Crippen MR) is 83.2 cm³/mol. The van der Waals surface area contributed by atoms with Gasteiger partial charge < -0.3 is 10.1 Å². The van der Waals surface area contributed by atoms with Crippen molar-refractivity contribution in [2.24, 2.45) is 5.92 Å². The quantitative estimate of drug-likeness (QED) is 0.815. The average Bonchev–Trinajstić information content (AvgIpc) is 2.41. The van der Waals surface area contributed by atoms with Gasteiger partial charge in [-0.15, -0.1) is 0 Å². The van der Waals surface area contributed by atoms with Gasteiger partial charge in [-0.05, 0) is 38.1 Å². The Labute approximate surface area is 126 Å². The van der Waals surface area contributed by atoms with Crippen molar-refractivity contribution < 1.29 is 14.3 Å². The molecule has 1 rings (SSSR count). The van der Waals surface area contributed by atoms with E-state index in [1.807, 2.05) is 44.0 Å². The van der Waals surface area contributed by atoms with E-state index in [4.69, 9.17) is 0 Å². The summed E-state index contributed by atoms with van der Waals surface area (Å²) in [6.07, 6.45) is 0. The van der Waals surface area contributed by atoms with Crippen molar-refractivity contribution in [2.75, 3.05) is 32.6 Å². The molecule has 1 atom stereocenters. The number of anilines is 1. The zero-order valence-electron chi connectivity index (χ0n) is 13.4. The molecule has 0 aliphatic carbocycles. The van der Waals surface area contributed by atoms with E-state index in [9.17, 15) is 9.59 Å². The average molecular weight is 292 g/mol. The molecule has 0 fully saturated rings. The standard InChI is InChI=1S/C16H24N2O3/c1-11-6-7-12(2)14(8-11)17-15(19)10-18(4)9-13(3)16(20)21-5/h6-8,13H,9-10H2,1-5H3,(H,17,19). The fourth-order valence-corrected chi connectivity index (χ4v) is 2.11. The van der Waals surface area contributed by atoms with Gasteiger partial charge in [-0.2, -0.15) is 0 Å². The number of hydrogen-bond donors (Lipinski definition) is 1. The number of methoxy groups -OCH3 is 1. The molecule has 5 nitrogen and oxygen atoms in total. The van der Waals surface area contributed by atoms with Gasteiger partial charge in [0.2, 0.25) is 5.91 Å². The summed E-state index contributed by atoms with van der Waals surface area (Å²) in [6.45, 7) is 6.43. The van der Waals surface area contributed by atoms with Gasteiger partial charge in [-0.1, -0.05) is 19.1 Å². The maximum absolute atomic E-state index is 12.0. The Bertz CT molecular complexity index is 514. The van der Waals surface area contributed by atoms with Crippen LogP contribution in [0.2, 0.25) is 0 Å². The Morgan fingerprint density at radius 3 is 2.62 bits per heavy atom. The van der Waals surface area contributed by atoms with Crippen LogP contribution in [-0.2, 0) is 14.3 Å². The van der Waals surface area contributed by atoms with E-state index >= 15 is 0 Å². The summed E-state index contributed by atoms with van der Waals surface area (Å²) >= 11 is 0. The number of aryl methyl sites for hydroxylation is 2. The molecule has 0 aromatic heterocycles. The number of hydrogen-bond acceptors (Lipinski definition) is 4. The third-order valence-corrected chi connectivity index (χ3v) is 3.27. The maximum atomic E-state index is 12.0. The predicted octanol–water partition coefficient (Wildman–Crippen LogP) is 1.98. The van der Waals surface area contributed by atoms with E-state index in [2.05, 4.69) is 10.1 Å². The number of benzene rings is 1. The molecular weight excluding hydrogens is 268 g/mol. The number of esters is 1. The van der Waals surface area contributed by atoms with Crippen molar-refractivity contribution in [3.05, 3.63) is 29.3 Å². The molecule has 1 unspecified atom stereocenters. The van der Waals surface area contributed by atoms with Crippen LogP contribution in [0.1, 0.15) is 18.1 Å². The third-order valence-electron chi connectivity index (χ3n) is 3.27. The molecule has 0 saturated carbocycles. The maximum Gasteiger partial charge on any atom is 0.309 e. The van der Waals surface area contributed by atoms with Gasteiger partial charge in [0.15, 0.2) is 0 Å². The Balaban J connectivity index is 2.53. The van der Waals surface area contributed by atoms with Gasteiger partial charge in [0.05, 0.1) is 19.6 Å². The highest BCUT2D eigenvalue weighted by atomic mass is 16.5. The van der Waals surface area contributed by atoms with Crippen LogP contribution in [0.15, 0.2) is 18.2 Å². The lowest BCUT2D eigenvalue weighted by Gasteiger charge is -2.19. The summed E-state index contributed by atoms with van der Waals surface area (Å²) in [4.78, 5) is 25.2. The zero-order chi connectivity index (χ0) is 16.0. The van der Waals surface area contributed by atoms with Gasteiger partial charge in [0, 0.05) is 12.2 Å². The molecule has 21 heavy (non-hydrogen) atoms. The van der Waals surface area contributed by atoms with Crippen molar-refractivity contribution >= 4 is 17.6 Å². The summed E-state index contributed by atoms with van der Waals surface area (Å²) in [6, 6.07) is 5.94. The second-order valence-electron chi connectivity index (χ2n) is 5.49. The first kappa shape index (κ1) is 17.2. The Hall–Kier alpha value is -1.88. The number of nitrogens with zero attached hydrogens (tertiary/aromatic N) is 1. The normalized spacial score (nSPS) is 12.1. The molecule has 1 amide bonds. The minimum Gasteiger partial charge on any atom is -0.469 e. The van der Waals surface area contributed by atoms with Gasteiger partial charge >= 0.3 is 5.97 Å². The number of likely N-dealkylation sites (N-methyl/N-ethyl adjacent to an activating group) is 1. The smallest absolute Gasteiger partial charge is 0.309 e. The minimum atomic E-state index is -0.267. The van der Waals surface area contributed by atoms with Crippen molar-refractivity contribution in [1.82, 2.24) is 4.90 Å². The molecule has 116 valence electrons. The lowest BCUT2D eigenvalue weighted by Crippen LogP contribution is -2.35. The summed E-state index contributed by atoms with van der Waals surface area (Å²) < 4.78 is 4.68. The second kappa shape index (κ2) is 7.78. The monoisotopic (exact) mass is 292 g/mol. The molecule has 1 N–H and O–H groups in total. The second-order valence-corrected chi connectivity index (χ2v) is 5.49. The fraction of sp³-hybridized carbons (Fsp3) is 0.500. The van der Waals surface area contributed by atoms with E-state index in [1.54, 1.807) is 6.92 Å². The highest BCUT2D eigenvalue weighted by Gasteiger charge is 2.17. The van der Waals surface area contributed by atoms with Crippen LogP contribution < -0.4 is 5.32 Å². The molecule has 1 aromatic rings. The van der Waals surface area contributed by atoms with E-state index in [0.29, 0.717) is 6.54 Å². The largest absolute Gasteiger partial charge is 0.469 e. The number of ether oxygens (including phenoxy) is 1. The first-order valence-electron chi connectivity index (χ1n) is 6.97. The van der Waals surface area contributed by atoms with Gasteiger partial charge in [-0.25, -0.2) is 0 Å². The van der Waals surface area contributed by atoms with Crippen LogP contribution in [0.3, 0.4) is 0 Å². The van der Waals surface area contributed by atoms with Crippen molar-refractivity contribution in [2.45, 2.75) is 20.8 Å². The van der Waals surface area contributed by atoms with Crippen molar-refractivity contribution in [3.8, 4) is 0 Å². The molecule has 0 bridgehead atoms. The number of carbonyl (C=O) groups is 2. The van der Waals surface area contributed by atoms with Crippen LogP contribution in [0, 0.1) is 19.8 Å². The van der Waals surface area contributed by atoms with Crippen LogP contribution >= 0.6 is 0 Å². The lowest BCUT2D eigenvalue weighted by atomic mass is 10.1. The molecular formula is C16H24N2O3. The molecule has 0 aliphatic heterocycles. The topological polar surface area (TPSA) is 58.6 Å². The molecule has 0 aliphatic rings. The van der Waals surface area contributed by atoms with E-state index < -0.39 is 0 Å². The molecule has 0 spiro atoms. The summed E-state index contributed by atoms with van der Waals surface area (Å²) in [5.74, 6) is -0.617. The molecule has 0 saturated heterocycles. The van der Waals surface area contributed by atoms with Crippen LogP contribution in [0.5, 0.6) is 0 Å². The lowest BCUT2D eigenvalue weighted by molar-refractivity contribution is -0.145. The Kier molecular flexibility index (Phi) is 6.37.